The molecule has 7 nitrogen and oxygen atoms in total. The molecular formula is C25H28F4N4O3S. The summed E-state index contributed by atoms with van der Waals surface area (Å²) >= 11 is -1.96. The lowest BCUT2D eigenvalue weighted by Crippen LogP contribution is -2.46. The van der Waals surface area contributed by atoms with Crippen LogP contribution in [0, 0.1) is 5.95 Å². The van der Waals surface area contributed by atoms with Crippen LogP contribution in [0.2, 0.25) is 0 Å². The van der Waals surface area contributed by atoms with Crippen LogP contribution in [0.3, 0.4) is 0 Å². The van der Waals surface area contributed by atoms with Crippen molar-refractivity contribution in [2.75, 3.05) is 7.05 Å². The zero-order valence-electron chi connectivity index (χ0n) is 21.2. The van der Waals surface area contributed by atoms with Crippen LogP contribution in [-0.4, -0.2) is 52.5 Å². The second-order valence-electron chi connectivity index (χ2n) is 11.0. The lowest BCUT2D eigenvalue weighted by molar-refractivity contribution is -0.171. The van der Waals surface area contributed by atoms with Crippen molar-refractivity contribution >= 4 is 23.0 Å². The van der Waals surface area contributed by atoms with Crippen LogP contribution in [0.25, 0.3) is 5.65 Å². The Hall–Kier alpha value is -2.70. The van der Waals surface area contributed by atoms with Gasteiger partial charge in [-0.25, -0.2) is 9.50 Å². The number of nitrogens with zero attached hydrogens (tertiary/aromatic N) is 4. The molecule has 37 heavy (non-hydrogen) atoms. The van der Waals surface area contributed by atoms with Gasteiger partial charge in [0.05, 0.1) is 5.69 Å². The largest absolute Gasteiger partial charge is 0.597 e. The number of alkyl halides is 3. The molecule has 0 radical (unpaired) electrons. The monoisotopic (exact) mass is 540 g/mol. The SMILES string of the molecule is CN([C@@H](c1ccc(C2(C(=O)O)CC(C)(C)c3c2cnc2cc(F)nn32)cc1)C(F)(F)F)[S@+]([O-])C(C)(C)C. The van der Waals surface area contributed by atoms with E-state index in [0.717, 1.165) is 17.4 Å². The van der Waals surface area contributed by atoms with Gasteiger partial charge in [0.2, 0.25) is 5.95 Å². The molecule has 3 aromatic rings. The summed E-state index contributed by atoms with van der Waals surface area (Å²) in [4.78, 5) is 17.0. The standard InChI is InChI=1S/C25H28F4N4O3S/c1-22(2,3)37(36)32(6)19(25(27,28)29)14-7-9-15(10-8-14)24(21(34)35)13-23(4,5)20-16(24)12-30-18-11-17(26)31-33(18)20/h7-12,19H,13H2,1-6H3,(H,34,35)/t19-,24?,37+/m0/s1. The molecule has 1 aromatic carbocycles. The van der Waals surface area contributed by atoms with E-state index in [1.54, 1.807) is 34.6 Å². The van der Waals surface area contributed by atoms with Crippen molar-refractivity contribution in [3.05, 3.63) is 64.9 Å². The summed E-state index contributed by atoms with van der Waals surface area (Å²) in [6.07, 6.45) is -3.30. The summed E-state index contributed by atoms with van der Waals surface area (Å²) < 4.78 is 70.3. The average Bonchev–Trinajstić information content (AvgIpc) is 3.26. The van der Waals surface area contributed by atoms with Crippen LogP contribution in [0.5, 0.6) is 0 Å². The number of carboxylic acids is 1. The summed E-state index contributed by atoms with van der Waals surface area (Å²) in [5.41, 5.74) is -1.34. The van der Waals surface area contributed by atoms with Gasteiger partial charge in [0.15, 0.2) is 11.7 Å². The van der Waals surface area contributed by atoms with Crippen LogP contribution < -0.4 is 0 Å². The van der Waals surface area contributed by atoms with Crippen molar-refractivity contribution in [3.8, 4) is 0 Å². The maximum atomic E-state index is 14.1. The minimum atomic E-state index is -4.73. The van der Waals surface area contributed by atoms with Crippen LogP contribution >= 0.6 is 0 Å². The highest BCUT2D eigenvalue weighted by Gasteiger charge is 2.56. The van der Waals surface area contributed by atoms with Crippen molar-refractivity contribution in [3.63, 3.8) is 0 Å². The number of fused-ring (bicyclic) bond motifs is 3. The van der Waals surface area contributed by atoms with E-state index in [9.17, 15) is 32.0 Å². The molecular weight excluding hydrogens is 512 g/mol. The molecule has 0 saturated carbocycles. The highest BCUT2D eigenvalue weighted by Crippen LogP contribution is 2.53. The second kappa shape index (κ2) is 8.67. The summed E-state index contributed by atoms with van der Waals surface area (Å²) in [7, 11) is 1.15. The van der Waals surface area contributed by atoms with Gasteiger partial charge in [0.1, 0.15) is 10.2 Å². The Morgan fingerprint density at radius 3 is 2.32 bits per heavy atom. The van der Waals surface area contributed by atoms with Crippen molar-refractivity contribution in [1.82, 2.24) is 18.9 Å². The quantitative estimate of drug-likeness (QED) is 0.365. The third-order valence-corrected chi connectivity index (χ3v) is 8.59. The lowest BCUT2D eigenvalue weighted by Gasteiger charge is -2.36. The van der Waals surface area contributed by atoms with Crippen molar-refractivity contribution < 1.29 is 32.0 Å². The Morgan fingerprint density at radius 1 is 1.22 bits per heavy atom. The summed E-state index contributed by atoms with van der Waals surface area (Å²) in [6, 6.07) is 4.13. The van der Waals surface area contributed by atoms with E-state index in [1.807, 2.05) is 0 Å². The fourth-order valence-corrected chi connectivity index (χ4v) is 6.66. The van der Waals surface area contributed by atoms with Gasteiger partial charge in [0.25, 0.3) is 0 Å². The van der Waals surface area contributed by atoms with Gasteiger partial charge in [-0.1, -0.05) is 38.1 Å². The molecule has 2 aromatic heterocycles. The zero-order chi connectivity index (χ0) is 27.7. The number of carboxylic acid groups (broad SMARTS) is 1. The highest BCUT2D eigenvalue weighted by atomic mass is 32.2. The molecule has 1 aliphatic rings. The predicted molar refractivity (Wildman–Crippen MR) is 130 cm³/mol. The summed E-state index contributed by atoms with van der Waals surface area (Å²) in [6.45, 7) is 8.37. The molecule has 0 fully saturated rings. The number of halogens is 4. The average molecular weight is 541 g/mol. The molecule has 4 rings (SSSR count). The number of aromatic nitrogens is 3. The van der Waals surface area contributed by atoms with Gasteiger partial charge in [0, 0.05) is 41.7 Å². The normalized spacial score (nSPS) is 21.3. The molecule has 200 valence electrons. The lowest BCUT2D eigenvalue weighted by atomic mass is 9.73. The van der Waals surface area contributed by atoms with Gasteiger partial charge in [-0.15, -0.1) is 9.40 Å². The molecule has 1 unspecified atom stereocenters. The minimum Gasteiger partial charge on any atom is -0.597 e. The Kier molecular flexibility index (Phi) is 6.41. The molecule has 1 N–H and O–H groups in total. The Balaban J connectivity index is 1.85. The fraction of sp³-hybridized carbons (Fsp3) is 0.480. The molecule has 0 amide bonds. The van der Waals surface area contributed by atoms with E-state index in [1.165, 1.54) is 35.0 Å². The van der Waals surface area contributed by atoms with E-state index in [0.29, 0.717) is 11.3 Å². The van der Waals surface area contributed by atoms with Crippen molar-refractivity contribution in [2.24, 2.45) is 0 Å². The number of hydrogen-bond acceptors (Lipinski definition) is 5. The third kappa shape index (κ3) is 4.38. The molecule has 12 heteroatoms. The number of hydrogen-bond donors (Lipinski definition) is 1. The summed E-state index contributed by atoms with van der Waals surface area (Å²) in [5, 5.41) is 14.3. The number of rotatable bonds is 5. The third-order valence-electron chi connectivity index (χ3n) is 6.80. The van der Waals surface area contributed by atoms with Gasteiger partial charge in [-0.05, 0) is 38.3 Å². The van der Waals surface area contributed by atoms with Crippen LogP contribution in [0.15, 0.2) is 36.5 Å². The maximum absolute atomic E-state index is 14.1. The Morgan fingerprint density at radius 2 is 1.81 bits per heavy atom. The van der Waals surface area contributed by atoms with Gasteiger partial charge in [-0.3, -0.25) is 4.79 Å². The molecule has 0 saturated heterocycles. The first-order chi connectivity index (χ1) is 16.9. The van der Waals surface area contributed by atoms with Gasteiger partial charge < -0.3 is 9.66 Å². The predicted octanol–water partition coefficient (Wildman–Crippen LogP) is 4.92. The van der Waals surface area contributed by atoms with Gasteiger partial charge >= 0.3 is 12.1 Å². The Bertz CT molecular complexity index is 1350. The van der Waals surface area contributed by atoms with Crippen molar-refractivity contribution in [1.29, 1.82) is 0 Å². The van der Waals surface area contributed by atoms with E-state index in [2.05, 4.69) is 10.1 Å². The van der Waals surface area contributed by atoms with Crippen LogP contribution in [-0.2, 0) is 27.0 Å². The zero-order valence-corrected chi connectivity index (χ0v) is 22.0. The number of aliphatic carboxylic acids is 1. The second-order valence-corrected chi connectivity index (χ2v) is 13.3. The van der Waals surface area contributed by atoms with E-state index < -0.39 is 51.1 Å². The first-order valence-corrected chi connectivity index (χ1v) is 12.6. The van der Waals surface area contributed by atoms with Crippen molar-refractivity contribution in [2.45, 2.75) is 68.8 Å². The summed E-state index contributed by atoms with van der Waals surface area (Å²) in [5.74, 6) is -1.97. The molecule has 2 heterocycles. The first-order valence-electron chi connectivity index (χ1n) is 11.5. The van der Waals surface area contributed by atoms with Crippen LogP contribution in [0.4, 0.5) is 17.6 Å². The topological polar surface area (TPSA) is 93.8 Å². The van der Waals surface area contributed by atoms with Gasteiger partial charge in [-0.2, -0.15) is 17.6 Å². The highest BCUT2D eigenvalue weighted by molar-refractivity contribution is 7.90. The number of benzene rings is 1. The van der Waals surface area contributed by atoms with E-state index >= 15 is 0 Å². The number of carbonyl (C=O) groups is 1. The molecule has 3 atom stereocenters. The molecule has 0 bridgehead atoms. The first kappa shape index (κ1) is 27.3. The maximum Gasteiger partial charge on any atom is 0.412 e. The Labute approximate surface area is 214 Å². The van der Waals surface area contributed by atoms with E-state index in [4.69, 9.17) is 0 Å². The minimum absolute atomic E-state index is 0.0585. The molecule has 1 aliphatic carbocycles. The smallest absolute Gasteiger partial charge is 0.412 e. The van der Waals surface area contributed by atoms with E-state index in [-0.39, 0.29) is 23.2 Å². The molecule has 0 spiro atoms. The molecule has 0 aliphatic heterocycles. The fourth-order valence-electron chi connectivity index (χ4n) is 5.37. The van der Waals surface area contributed by atoms with Crippen LogP contribution in [0.1, 0.15) is 69.5 Å².